The molecular formula is C15H28N2O5S. The summed E-state index contributed by atoms with van der Waals surface area (Å²) in [6, 6.07) is 0. The van der Waals surface area contributed by atoms with E-state index in [1.54, 1.807) is 0 Å². The topological polar surface area (TPSA) is 110 Å². The maximum Gasteiger partial charge on any atom is 0.300 e. The predicted molar refractivity (Wildman–Crippen MR) is 92.0 cm³/mol. The monoisotopic (exact) mass is 348 g/mol. The summed E-state index contributed by atoms with van der Waals surface area (Å²) >= 11 is 2.04. The van der Waals surface area contributed by atoms with Crippen molar-refractivity contribution in [1.29, 1.82) is 0 Å². The van der Waals surface area contributed by atoms with Gasteiger partial charge in [-0.05, 0) is 18.5 Å². The first-order chi connectivity index (χ1) is 10.8. The third-order valence-corrected chi connectivity index (χ3v) is 4.01. The molecule has 2 fully saturated rings. The van der Waals surface area contributed by atoms with Crippen LogP contribution in [0.1, 0.15) is 20.3 Å². The van der Waals surface area contributed by atoms with Gasteiger partial charge in [0.15, 0.2) is 0 Å². The summed E-state index contributed by atoms with van der Waals surface area (Å²) in [6.07, 6.45) is 2.87. The summed E-state index contributed by atoms with van der Waals surface area (Å²) in [5.74, 6) is 0.841. The molecule has 0 bridgehead atoms. The van der Waals surface area contributed by atoms with Crippen LogP contribution in [0.5, 0.6) is 0 Å². The highest BCUT2D eigenvalue weighted by Crippen LogP contribution is 2.12. The fourth-order valence-electron chi connectivity index (χ4n) is 2.01. The van der Waals surface area contributed by atoms with Crippen molar-refractivity contribution in [3.05, 3.63) is 11.6 Å². The van der Waals surface area contributed by atoms with Crippen molar-refractivity contribution in [3.8, 4) is 0 Å². The lowest BCUT2D eigenvalue weighted by Gasteiger charge is -2.27. The van der Waals surface area contributed by atoms with Gasteiger partial charge in [0.2, 0.25) is 0 Å². The molecule has 0 amide bonds. The molecule has 0 aliphatic carbocycles. The first kappa shape index (κ1) is 21.9. The van der Waals surface area contributed by atoms with E-state index in [0.29, 0.717) is 0 Å². The van der Waals surface area contributed by atoms with Crippen LogP contribution in [0.15, 0.2) is 11.6 Å². The summed E-state index contributed by atoms with van der Waals surface area (Å²) in [4.78, 5) is 20.5. The van der Waals surface area contributed by atoms with E-state index < -0.39 is 11.9 Å². The number of hydrogen-bond acceptors (Lipinski definition) is 6. The summed E-state index contributed by atoms with van der Waals surface area (Å²) in [7, 11) is 0. The van der Waals surface area contributed by atoms with Crippen LogP contribution >= 0.6 is 11.8 Å². The Labute approximate surface area is 141 Å². The molecule has 2 saturated heterocycles. The zero-order valence-corrected chi connectivity index (χ0v) is 14.6. The minimum absolute atomic E-state index is 0.203. The van der Waals surface area contributed by atoms with Gasteiger partial charge in [-0.15, -0.1) is 0 Å². The minimum atomic E-state index is -0.833. The van der Waals surface area contributed by atoms with Crippen LogP contribution in [-0.2, 0) is 9.59 Å². The minimum Gasteiger partial charge on any atom is -0.481 e. The highest BCUT2D eigenvalue weighted by atomic mass is 32.2. The van der Waals surface area contributed by atoms with Crippen molar-refractivity contribution >= 4 is 23.7 Å². The largest absolute Gasteiger partial charge is 0.481 e. The predicted octanol–water partition coefficient (Wildman–Crippen LogP) is 0.498. The molecule has 2 aliphatic rings. The SMILES string of the molecule is CC(=O)O.CC(=O)O.OC1CCNC/C1=C\CN1CCSCC1. The van der Waals surface area contributed by atoms with Gasteiger partial charge in [0.25, 0.3) is 11.9 Å². The van der Waals surface area contributed by atoms with E-state index >= 15 is 0 Å². The molecule has 2 aliphatic heterocycles. The fraction of sp³-hybridized carbons (Fsp3) is 0.733. The number of carbonyl (C=O) groups is 2. The summed E-state index contributed by atoms with van der Waals surface area (Å²) in [6.45, 7) is 7.37. The number of piperidine rings is 1. The van der Waals surface area contributed by atoms with E-state index in [1.165, 1.54) is 30.2 Å². The van der Waals surface area contributed by atoms with Gasteiger partial charge in [-0.3, -0.25) is 14.5 Å². The van der Waals surface area contributed by atoms with Crippen LogP contribution < -0.4 is 5.32 Å². The molecule has 0 radical (unpaired) electrons. The quantitative estimate of drug-likeness (QED) is 0.534. The third-order valence-electron chi connectivity index (χ3n) is 3.07. The first-order valence-electron chi connectivity index (χ1n) is 7.59. The molecule has 4 N–H and O–H groups in total. The molecule has 0 aromatic carbocycles. The Kier molecular flexibility index (Phi) is 12.7. The third kappa shape index (κ3) is 14.2. The highest BCUT2D eigenvalue weighted by molar-refractivity contribution is 7.99. The zero-order valence-electron chi connectivity index (χ0n) is 13.8. The van der Waals surface area contributed by atoms with Crippen LogP contribution in [0.4, 0.5) is 0 Å². The normalized spacial score (nSPS) is 23.1. The van der Waals surface area contributed by atoms with Gasteiger partial charge >= 0.3 is 0 Å². The standard InChI is InChI=1S/C11H20N2OS.2C2H4O2/c14-11-1-3-12-9-10(11)2-4-13-5-7-15-8-6-13;2*1-2(3)4/h2,11-12,14H,1,3-9H2;2*1H3,(H,3,4)/b10-2+;;. The van der Waals surface area contributed by atoms with Crippen molar-refractivity contribution in [2.45, 2.75) is 26.4 Å². The number of thioether (sulfide) groups is 1. The number of rotatable bonds is 2. The van der Waals surface area contributed by atoms with E-state index in [1.807, 2.05) is 11.8 Å². The summed E-state index contributed by atoms with van der Waals surface area (Å²) in [5.41, 5.74) is 1.18. The van der Waals surface area contributed by atoms with E-state index in [-0.39, 0.29) is 6.10 Å². The van der Waals surface area contributed by atoms with Crippen molar-refractivity contribution in [2.24, 2.45) is 0 Å². The number of aliphatic carboxylic acids is 2. The van der Waals surface area contributed by atoms with Gasteiger partial charge in [-0.2, -0.15) is 11.8 Å². The van der Waals surface area contributed by atoms with Crippen molar-refractivity contribution in [3.63, 3.8) is 0 Å². The summed E-state index contributed by atoms with van der Waals surface area (Å²) < 4.78 is 0. The van der Waals surface area contributed by atoms with Gasteiger partial charge < -0.3 is 20.6 Å². The Bertz CT molecular complexity index is 364. The molecule has 2 heterocycles. The highest BCUT2D eigenvalue weighted by Gasteiger charge is 2.16. The average molecular weight is 348 g/mol. The maximum atomic E-state index is 9.77. The Balaban J connectivity index is 0.000000509. The fourth-order valence-corrected chi connectivity index (χ4v) is 2.99. The van der Waals surface area contributed by atoms with Crippen LogP contribution in [0.2, 0.25) is 0 Å². The molecule has 0 spiro atoms. The van der Waals surface area contributed by atoms with Crippen molar-refractivity contribution < 1.29 is 24.9 Å². The molecule has 0 aromatic heterocycles. The second-order valence-electron chi connectivity index (χ2n) is 5.21. The molecular weight excluding hydrogens is 320 g/mol. The number of carboxylic acid groups (broad SMARTS) is 2. The second kappa shape index (κ2) is 13.4. The maximum absolute atomic E-state index is 9.77. The Morgan fingerprint density at radius 1 is 1.26 bits per heavy atom. The molecule has 2 rings (SSSR count). The Morgan fingerprint density at radius 3 is 2.26 bits per heavy atom. The van der Waals surface area contributed by atoms with E-state index in [9.17, 15) is 5.11 Å². The van der Waals surface area contributed by atoms with Gasteiger partial charge in [0.1, 0.15) is 0 Å². The number of aliphatic hydroxyl groups excluding tert-OH is 1. The average Bonchev–Trinajstić information content (AvgIpc) is 2.46. The molecule has 23 heavy (non-hydrogen) atoms. The van der Waals surface area contributed by atoms with Crippen LogP contribution in [0, 0.1) is 0 Å². The molecule has 1 atom stereocenters. The Hall–Kier alpha value is -1.09. The molecule has 8 heteroatoms. The van der Waals surface area contributed by atoms with Crippen LogP contribution in [0.3, 0.4) is 0 Å². The molecule has 1 unspecified atom stereocenters. The van der Waals surface area contributed by atoms with Crippen LogP contribution in [0.25, 0.3) is 0 Å². The molecule has 0 saturated carbocycles. The lowest BCUT2D eigenvalue weighted by Crippen LogP contribution is -2.36. The second-order valence-corrected chi connectivity index (χ2v) is 6.44. The molecule has 7 nitrogen and oxygen atoms in total. The first-order valence-corrected chi connectivity index (χ1v) is 8.75. The molecule has 134 valence electrons. The van der Waals surface area contributed by atoms with E-state index in [4.69, 9.17) is 19.8 Å². The number of hydrogen-bond donors (Lipinski definition) is 4. The van der Waals surface area contributed by atoms with Gasteiger partial charge in [0.05, 0.1) is 6.10 Å². The Morgan fingerprint density at radius 2 is 1.78 bits per heavy atom. The lowest BCUT2D eigenvalue weighted by molar-refractivity contribution is -0.135. The number of nitrogens with one attached hydrogen (secondary N) is 1. The van der Waals surface area contributed by atoms with Gasteiger partial charge in [0, 0.05) is 51.5 Å². The lowest BCUT2D eigenvalue weighted by atomic mass is 10.0. The number of carboxylic acids is 2. The van der Waals surface area contributed by atoms with Crippen LogP contribution in [-0.4, -0.2) is 82.5 Å². The van der Waals surface area contributed by atoms with E-state index in [0.717, 1.165) is 39.9 Å². The number of aliphatic hydroxyl groups is 1. The smallest absolute Gasteiger partial charge is 0.300 e. The van der Waals surface area contributed by atoms with E-state index in [2.05, 4.69) is 16.3 Å². The van der Waals surface area contributed by atoms with Gasteiger partial charge in [-0.1, -0.05) is 6.08 Å². The number of nitrogens with zero attached hydrogens (tertiary/aromatic N) is 1. The molecule has 0 aromatic rings. The van der Waals surface area contributed by atoms with Crippen molar-refractivity contribution in [1.82, 2.24) is 10.2 Å². The van der Waals surface area contributed by atoms with Gasteiger partial charge in [-0.25, -0.2) is 0 Å². The zero-order chi connectivity index (χ0) is 17.7. The summed E-state index contributed by atoms with van der Waals surface area (Å²) in [5, 5.41) is 27.9. The van der Waals surface area contributed by atoms with Crippen molar-refractivity contribution in [2.75, 3.05) is 44.2 Å².